The Morgan fingerprint density at radius 3 is 1.20 bits per heavy atom. The van der Waals surface area contributed by atoms with Gasteiger partial charge in [-0.1, -0.05) is 36.4 Å². The van der Waals surface area contributed by atoms with Crippen LogP contribution in [0.2, 0.25) is 0 Å². The lowest BCUT2D eigenvalue weighted by Gasteiger charge is -2.25. The summed E-state index contributed by atoms with van der Waals surface area (Å²) in [7, 11) is 1.76. The Labute approximate surface area is 805 Å². The van der Waals surface area contributed by atoms with E-state index in [0.717, 1.165) is 306 Å². The van der Waals surface area contributed by atoms with E-state index in [-0.39, 0.29) is 58.7 Å². The fourth-order valence-corrected chi connectivity index (χ4v) is 26.9. The Kier molecular flexibility index (Phi) is 24.6. The van der Waals surface area contributed by atoms with Crippen molar-refractivity contribution < 1.29 is 67.0 Å². The summed E-state index contributed by atoms with van der Waals surface area (Å²) in [6, 6.07) is 33.1. The molecule has 3 unspecified atom stereocenters. The molecule has 139 heavy (non-hydrogen) atoms. The van der Waals surface area contributed by atoms with Gasteiger partial charge in [0.2, 0.25) is 5.91 Å². The number of hydrogen-bond donors (Lipinski definition) is 3. The van der Waals surface area contributed by atoms with Crippen molar-refractivity contribution in [2.75, 3.05) is 130 Å². The summed E-state index contributed by atoms with van der Waals surface area (Å²) in [6.07, 6.45) is -5.59. The highest BCUT2D eigenvalue weighted by Crippen LogP contribution is 2.50. The van der Waals surface area contributed by atoms with Crippen LogP contribution in [0.25, 0.3) is 62.8 Å². The van der Waals surface area contributed by atoms with Crippen LogP contribution >= 0.6 is 45.3 Å². The molecule has 25 nitrogen and oxygen atoms in total. The van der Waals surface area contributed by atoms with Gasteiger partial charge in [-0.2, -0.15) is 57.9 Å². The highest BCUT2D eigenvalue weighted by molar-refractivity contribution is 7.19. The van der Waals surface area contributed by atoms with Gasteiger partial charge in [0, 0.05) is 175 Å². The van der Waals surface area contributed by atoms with E-state index >= 15 is 0 Å². The van der Waals surface area contributed by atoms with E-state index < -0.39 is 50.4 Å². The number of aromatic nitrogens is 11. The quantitative estimate of drug-likeness (QED) is 0.0461. The van der Waals surface area contributed by atoms with Crippen LogP contribution in [0.5, 0.6) is 5.75 Å². The second-order valence-corrected chi connectivity index (χ2v) is 43.9. The Bertz CT molecular complexity index is 7010. The number of ether oxygens (including phenoxy) is 1. The fraction of sp³-hybridized carbons (Fsp3) is 0.449. The van der Waals surface area contributed by atoms with Crippen molar-refractivity contribution in [3.8, 4) is 11.8 Å². The number of hydrogen-bond acceptors (Lipinski definition) is 25. The van der Waals surface area contributed by atoms with Crippen LogP contribution in [-0.4, -0.2) is 215 Å². The summed E-state index contributed by atoms with van der Waals surface area (Å²) in [6.45, 7) is 20.0. The molecule has 4 spiro atoms. The van der Waals surface area contributed by atoms with E-state index in [9.17, 15) is 72.3 Å². The first-order valence-corrected chi connectivity index (χ1v) is 49.7. The maximum atomic E-state index is 12.9. The predicted octanol–water partition coefficient (Wildman–Crippen LogP) is 18.4. The number of H-pyrrole nitrogens is 2. The van der Waals surface area contributed by atoms with Crippen LogP contribution in [0.1, 0.15) is 116 Å². The van der Waals surface area contributed by atoms with Crippen molar-refractivity contribution in [3.63, 3.8) is 0 Å². The molecule has 0 saturated carbocycles. The van der Waals surface area contributed by atoms with Crippen molar-refractivity contribution in [2.24, 2.45) is 28.7 Å². The number of carbonyl (C=O) groups excluding carboxylic acids is 2. The van der Waals surface area contributed by atoms with Gasteiger partial charge in [0.1, 0.15) is 85.4 Å². The number of esters is 1. The number of fused-ring (bicyclic) bond motifs is 8. The minimum atomic E-state index is -4.24. The van der Waals surface area contributed by atoms with E-state index in [1.165, 1.54) is 47.6 Å². The normalized spacial score (nSPS) is 21.9. The molecular weight excluding hydrogens is 1890 g/mol. The summed E-state index contributed by atoms with van der Waals surface area (Å²) < 4.78 is 162. The number of imidazole rings is 1. The molecule has 0 radical (unpaired) electrons. The molecule has 8 fully saturated rings. The molecule has 0 aliphatic carbocycles. The number of aryl methyl sites for hydroxylation is 2. The first-order valence-electron chi connectivity index (χ1n) is 46.4. The minimum absolute atomic E-state index is 0.0494. The van der Waals surface area contributed by atoms with Crippen LogP contribution in [-0.2, 0) is 81.3 Å². The zero-order valence-electron chi connectivity index (χ0n) is 75.9. The molecule has 8 saturated heterocycles. The molecule has 20 heterocycles. The minimum Gasteiger partial charge on any atom is -0.426 e. The molecular formula is C98H97F12N21O4S4. The Morgan fingerprint density at radius 2 is 0.791 bits per heavy atom. The first kappa shape index (κ1) is 93.8. The van der Waals surface area contributed by atoms with Crippen molar-refractivity contribution in [1.29, 1.82) is 5.26 Å². The monoisotopic (exact) mass is 1990 g/mol. The Hall–Kier alpha value is -11.5. The predicted molar refractivity (Wildman–Crippen MR) is 511 cm³/mol. The van der Waals surface area contributed by atoms with Gasteiger partial charge >= 0.3 is 36.4 Å². The molecule has 14 aromatic rings. The number of amides is 1. The Balaban J connectivity index is 0.000000110. The zero-order chi connectivity index (χ0) is 96.5. The third kappa shape index (κ3) is 20.3. The van der Waals surface area contributed by atoms with Gasteiger partial charge in [0.05, 0.1) is 71.1 Å². The SMILES string of the molecule is Cc1c(CN2CC[C@]3(CCN(c4ncnc5sc(CC(F)(F)F)cc45)C3)C2)ccc2[nH]c(C#N)cc12.Cn1c(=O)[nH]c2cc(CN3CCC4(CCN(c5ncnc6sc(CC(F)(F)F)cc56)C4)C3)ccc21.O=C1Cc2ccc(CN3CCC4(CCN(c5ncnc6sc(CC(F)(F)F)cc56)C4)C3)cc2N1.O=C1Cc2ccc(CN3CCC4(CCN(c5ncnc6sc(CC(F)(F)F)cc56)C4)C3)cc2O1. The maximum Gasteiger partial charge on any atom is 0.393 e. The van der Waals surface area contributed by atoms with Crippen LogP contribution in [0.4, 0.5) is 81.6 Å². The summed E-state index contributed by atoms with van der Waals surface area (Å²) in [5.74, 6) is 3.51. The standard InChI is InChI=1S/C26H25F3N6S.C24H25F3N6OS.C24H24F3N5OS.C24H23F3N4O2S/c1-16-17(2-3-22-20(16)8-18(11-30)33-22)12-34-6-4-25(13-34)5-7-35(14-25)23-21-9-19(10-26(27,28)29)36-24(21)32-15-31-23;1-31-19-3-2-15(8-18(19)30-22(31)34)11-32-6-4-23(12-32)5-7-33(13-23)20-17-9-16(10-24(25,26)27)35-21(17)29-14-28-20;25-24(26,27)10-17-9-18-21(28-14-29-22(18)34-17)32-6-4-23(13-32)3-5-31(12-23)11-15-1-2-16-8-20(33)30-19(16)7-15;25-24(26,27)10-17-9-18-21(28-14-29-22(18)34-17)31-6-4-23(13-31)3-5-30(12-23)11-15-1-2-16-8-20(32)33-19(16)7-15/h2-3,8-9,15,33H,4-7,10,12-14H2,1H3;2-3,8-9,14H,4-7,10-13H2,1H3,(H,30,34);1-2,7,9,14H,3-6,8,10-13H2,(H,30,33);1-2,7,9,14H,3-6,8,10-13H2/t25-;;;/m0.../s1. The van der Waals surface area contributed by atoms with E-state index in [2.05, 4.69) is 150 Å². The zero-order valence-corrected chi connectivity index (χ0v) is 79.2. The second-order valence-electron chi connectivity index (χ2n) is 39.5. The largest absolute Gasteiger partial charge is 0.426 e. The maximum absolute atomic E-state index is 12.9. The number of halogens is 12. The lowest BCUT2D eigenvalue weighted by atomic mass is 9.86. The number of rotatable bonds is 16. The van der Waals surface area contributed by atoms with E-state index in [1.54, 1.807) is 35.9 Å². The number of nitrogens with zero attached hydrogens (tertiary/aromatic N) is 18. The number of aromatic amines is 2. The third-order valence-corrected chi connectivity index (χ3v) is 33.5. The van der Waals surface area contributed by atoms with Gasteiger partial charge < -0.3 is 39.6 Å². The number of anilines is 5. The highest BCUT2D eigenvalue weighted by Gasteiger charge is 2.50. The topological polar surface area (TPSA) is 262 Å². The molecule has 24 rings (SSSR count). The summed E-state index contributed by atoms with van der Waals surface area (Å²) in [4.78, 5) is 98.2. The smallest absolute Gasteiger partial charge is 0.393 e. The average molecular weight is 1990 g/mol. The fourth-order valence-electron chi connectivity index (χ4n) is 22.8. The molecule has 10 aliphatic heterocycles. The molecule has 726 valence electrons. The highest BCUT2D eigenvalue weighted by atomic mass is 32.1. The number of nitrogens with one attached hydrogen (secondary N) is 3. The van der Waals surface area contributed by atoms with E-state index in [0.29, 0.717) is 54.4 Å². The third-order valence-electron chi connectivity index (χ3n) is 29.3. The van der Waals surface area contributed by atoms with Crippen molar-refractivity contribution in [3.05, 3.63) is 197 Å². The molecule has 1 amide bonds. The lowest BCUT2D eigenvalue weighted by molar-refractivity contribution is -0.132. The van der Waals surface area contributed by atoms with Crippen molar-refractivity contribution in [2.45, 2.75) is 148 Å². The molecule has 10 aromatic heterocycles. The molecule has 4 aromatic carbocycles. The molecule has 10 aliphatic rings. The van der Waals surface area contributed by atoms with Gasteiger partial charge in [0.15, 0.2) is 0 Å². The van der Waals surface area contributed by atoms with Gasteiger partial charge in [-0.05, 0) is 179 Å². The van der Waals surface area contributed by atoms with Crippen LogP contribution < -0.4 is 35.3 Å². The number of alkyl halides is 12. The number of thiophene rings is 4. The number of benzene rings is 4. The lowest BCUT2D eigenvalue weighted by Crippen LogP contribution is -2.31. The summed E-state index contributed by atoms with van der Waals surface area (Å²) in [5, 5.41) is 16.1. The molecule has 41 heteroatoms. The van der Waals surface area contributed by atoms with E-state index in [4.69, 9.17) is 4.74 Å². The van der Waals surface area contributed by atoms with Crippen LogP contribution in [0, 0.1) is 39.9 Å². The van der Waals surface area contributed by atoms with Crippen molar-refractivity contribution >= 4 is 149 Å². The number of nitriles is 1. The average Bonchev–Trinajstić information content (AvgIpc) is 1.62. The molecule has 4 atom stereocenters. The number of likely N-dealkylation sites (tertiary alicyclic amines) is 4. The van der Waals surface area contributed by atoms with Gasteiger partial charge in [-0.15, -0.1) is 45.3 Å². The molecule has 3 N–H and O–H groups in total. The molecule has 0 bridgehead atoms. The van der Waals surface area contributed by atoms with Crippen LogP contribution in [0.15, 0.2) is 127 Å². The number of carbonyl (C=O) groups is 2. The van der Waals surface area contributed by atoms with Gasteiger partial charge in [-0.3, -0.25) is 33.8 Å². The van der Waals surface area contributed by atoms with Crippen molar-refractivity contribution in [1.82, 2.24) is 74.0 Å². The van der Waals surface area contributed by atoms with Gasteiger partial charge in [0.25, 0.3) is 0 Å². The Morgan fingerprint density at radius 1 is 0.410 bits per heavy atom. The summed E-state index contributed by atoms with van der Waals surface area (Å²) in [5.41, 5.74) is 12.7. The van der Waals surface area contributed by atoms with Gasteiger partial charge in [-0.25, -0.2) is 44.7 Å². The first-order chi connectivity index (χ1) is 66.4. The van der Waals surface area contributed by atoms with E-state index in [1.807, 2.05) is 30.3 Å². The summed E-state index contributed by atoms with van der Waals surface area (Å²) >= 11 is 4.39. The van der Waals surface area contributed by atoms with Crippen LogP contribution in [0.3, 0.4) is 0 Å². The second kappa shape index (κ2) is 36.5.